The Balaban J connectivity index is 2.43. The van der Waals surface area contributed by atoms with Crippen molar-refractivity contribution in [1.82, 2.24) is 0 Å². The van der Waals surface area contributed by atoms with Crippen LogP contribution in [0.3, 0.4) is 0 Å². The van der Waals surface area contributed by atoms with E-state index < -0.39 is 17.0 Å². The molecular weight excluding hydrogens is 337 g/mol. The van der Waals surface area contributed by atoms with Crippen LogP contribution < -0.4 is 0 Å². The highest BCUT2D eigenvalue weighted by molar-refractivity contribution is 6.32. The Morgan fingerprint density at radius 1 is 0.905 bits per heavy atom. The standard InChI is InChI=1S/C16H13Cl3F2/c17-9-16(10-18,12-3-1-2-4-13(12)19)8-11-5-6-14(20)15(21)7-11/h1-7H,8-10H2. The number of hydrogen-bond donors (Lipinski definition) is 0. The van der Waals surface area contributed by atoms with E-state index in [-0.39, 0.29) is 11.8 Å². The molecule has 21 heavy (non-hydrogen) atoms. The van der Waals surface area contributed by atoms with Crippen LogP contribution in [-0.2, 0) is 11.8 Å². The Bertz CT molecular complexity index is 625. The summed E-state index contributed by atoms with van der Waals surface area (Å²) in [6.07, 6.45) is 0.376. The molecule has 2 aromatic rings. The highest BCUT2D eigenvalue weighted by Crippen LogP contribution is 2.36. The molecular formula is C16H13Cl3F2. The lowest BCUT2D eigenvalue weighted by molar-refractivity contribution is 0.499. The molecule has 0 saturated carbocycles. The van der Waals surface area contributed by atoms with E-state index in [1.807, 2.05) is 18.2 Å². The Morgan fingerprint density at radius 2 is 1.57 bits per heavy atom. The third-order valence-corrected chi connectivity index (χ3v) is 4.84. The van der Waals surface area contributed by atoms with Crippen LogP contribution in [0.15, 0.2) is 42.5 Å². The van der Waals surface area contributed by atoms with Crippen molar-refractivity contribution in [3.05, 3.63) is 70.2 Å². The van der Waals surface area contributed by atoms with Gasteiger partial charge in [-0.15, -0.1) is 23.2 Å². The molecule has 0 amide bonds. The second kappa shape index (κ2) is 6.95. The first-order chi connectivity index (χ1) is 10.0. The zero-order valence-electron chi connectivity index (χ0n) is 11.1. The van der Waals surface area contributed by atoms with Crippen molar-refractivity contribution in [2.45, 2.75) is 11.8 Å². The van der Waals surface area contributed by atoms with Gasteiger partial charge in [-0.25, -0.2) is 8.78 Å². The Hall–Kier alpha value is -0.830. The van der Waals surface area contributed by atoms with E-state index in [9.17, 15) is 8.78 Å². The maximum absolute atomic E-state index is 13.4. The summed E-state index contributed by atoms with van der Waals surface area (Å²) in [6, 6.07) is 11.1. The average Bonchev–Trinajstić information content (AvgIpc) is 2.49. The van der Waals surface area contributed by atoms with E-state index in [4.69, 9.17) is 34.8 Å². The SMILES string of the molecule is Fc1ccc(CC(CCl)(CCl)c2ccccc2Cl)cc1F. The summed E-state index contributed by atoms with van der Waals surface area (Å²) in [5, 5.41) is 0.557. The summed E-state index contributed by atoms with van der Waals surface area (Å²) in [4.78, 5) is 0. The molecule has 0 bridgehead atoms. The van der Waals surface area contributed by atoms with E-state index in [2.05, 4.69) is 0 Å². The second-order valence-electron chi connectivity index (χ2n) is 4.95. The van der Waals surface area contributed by atoms with E-state index >= 15 is 0 Å². The van der Waals surface area contributed by atoms with Crippen molar-refractivity contribution in [3.63, 3.8) is 0 Å². The van der Waals surface area contributed by atoms with Crippen LogP contribution in [0.2, 0.25) is 5.02 Å². The van der Waals surface area contributed by atoms with Gasteiger partial charge in [0.1, 0.15) is 0 Å². The molecule has 0 N–H and O–H groups in total. The van der Waals surface area contributed by atoms with Crippen LogP contribution in [-0.4, -0.2) is 11.8 Å². The maximum atomic E-state index is 13.4. The number of rotatable bonds is 5. The Labute approximate surface area is 137 Å². The van der Waals surface area contributed by atoms with Gasteiger partial charge in [0.2, 0.25) is 0 Å². The molecule has 0 heterocycles. The van der Waals surface area contributed by atoms with Gasteiger partial charge >= 0.3 is 0 Å². The van der Waals surface area contributed by atoms with Gasteiger partial charge in [-0.2, -0.15) is 0 Å². The van der Waals surface area contributed by atoms with Gasteiger partial charge < -0.3 is 0 Å². The lowest BCUT2D eigenvalue weighted by Gasteiger charge is -2.31. The van der Waals surface area contributed by atoms with Crippen molar-refractivity contribution in [1.29, 1.82) is 0 Å². The summed E-state index contributed by atoms with van der Waals surface area (Å²) in [6.45, 7) is 0. The van der Waals surface area contributed by atoms with Crippen LogP contribution in [0.4, 0.5) is 8.78 Å². The average molecular weight is 350 g/mol. The van der Waals surface area contributed by atoms with Crippen molar-refractivity contribution >= 4 is 34.8 Å². The molecule has 0 unspecified atom stereocenters. The maximum Gasteiger partial charge on any atom is 0.159 e. The summed E-state index contributed by atoms with van der Waals surface area (Å²) in [5.41, 5.74) is 0.794. The molecule has 0 fully saturated rings. The first-order valence-corrected chi connectivity index (χ1v) is 7.78. The van der Waals surface area contributed by atoms with Crippen molar-refractivity contribution in [2.75, 3.05) is 11.8 Å². The lowest BCUT2D eigenvalue weighted by Crippen LogP contribution is -2.33. The van der Waals surface area contributed by atoms with Gasteiger partial charge in [-0.3, -0.25) is 0 Å². The number of alkyl halides is 2. The van der Waals surface area contributed by atoms with Crippen LogP contribution in [0.1, 0.15) is 11.1 Å². The van der Waals surface area contributed by atoms with Gasteiger partial charge in [0.05, 0.1) is 0 Å². The zero-order chi connectivity index (χ0) is 15.5. The number of benzene rings is 2. The molecule has 0 aliphatic carbocycles. The smallest absolute Gasteiger partial charge is 0.159 e. The normalized spacial score (nSPS) is 11.7. The van der Waals surface area contributed by atoms with Crippen molar-refractivity contribution < 1.29 is 8.78 Å². The van der Waals surface area contributed by atoms with Gasteiger partial charge in [0.25, 0.3) is 0 Å². The van der Waals surface area contributed by atoms with Gasteiger partial charge in [0, 0.05) is 22.2 Å². The van der Waals surface area contributed by atoms with Gasteiger partial charge in [-0.05, 0) is 35.7 Å². The largest absolute Gasteiger partial charge is 0.204 e. The summed E-state index contributed by atoms with van der Waals surface area (Å²) in [5.74, 6) is -1.32. The summed E-state index contributed by atoms with van der Waals surface area (Å²) < 4.78 is 26.4. The third kappa shape index (κ3) is 3.50. The molecule has 2 rings (SSSR count). The first kappa shape index (κ1) is 16.5. The quantitative estimate of drug-likeness (QED) is 0.618. The zero-order valence-corrected chi connectivity index (χ0v) is 13.3. The minimum absolute atomic E-state index is 0.221. The molecule has 0 spiro atoms. The minimum Gasteiger partial charge on any atom is -0.204 e. The Morgan fingerprint density at radius 3 is 2.14 bits per heavy atom. The van der Waals surface area contributed by atoms with Crippen LogP contribution in [0.25, 0.3) is 0 Å². The predicted molar refractivity (Wildman–Crippen MR) is 84.6 cm³/mol. The molecule has 5 heteroatoms. The first-order valence-electron chi connectivity index (χ1n) is 6.33. The molecule has 0 aliphatic heterocycles. The molecule has 0 aliphatic rings. The predicted octanol–water partition coefficient (Wildman–Crippen LogP) is 5.58. The number of hydrogen-bond acceptors (Lipinski definition) is 0. The fourth-order valence-electron chi connectivity index (χ4n) is 2.30. The second-order valence-corrected chi connectivity index (χ2v) is 5.89. The third-order valence-electron chi connectivity index (χ3n) is 3.48. The molecule has 0 radical (unpaired) electrons. The van der Waals surface area contributed by atoms with Crippen LogP contribution >= 0.6 is 34.8 Å². The summed E-state index contributed by atoms with van der Waals surface area (Å²) in [7, 11) is 0. The van der Waals surface area contributed by atoms with E-state index in [0.29, 0.717) is 17.0 Å². The molecule has 112 valence electrons. The van der Waals surface area contributed by atoms with Gasteiger partial charge in [-0.1, -0.05) is 35.9 Å². The molecule has 0 nitrogen and oxygen atoms in total. The Kier molecular flexibility index (Phi) is 5.48. The molecule has 0 aromatic heterocycles. The minimum atomic E-state index is -0.885. The van der Waals surface area contributed by atoms with Crippen molar-refractivity contribution in [2.24, 2.45) is 0 Å². The fourth-order valence-corrected chi connectivity index (χ4v) is 3.40. The lowest BCUT2D eigenvalue weighted by atomic mass is 9.78. The highest BCUT2D eigenvalue weighted by atomic mass is 35.5. The van der Waals surface area contributed by atoms with Crippen molar-refractivity contribution in [3.8, 4) is 0 Å². The summed E-state index contributed by atoms with van der Waals surface area (Å²) >= 11 is 18.5. The number of halogens is 5. The van der Waals surface area contributed by atoms with Crippen LogP contribution in [0, 0.1) is 11.6 Å². The van der Waals surface area contributed by atoms with E-state index in [1.54, 1.807) is 6.07 Å². The van der Waals surface area contributed by atoms with E-state index in [0.717, 1.165) is 11.6 Å². The molecule has 0 atom stereocenters. The van der Waals surface area contributed by atoms with Gasteiger partial charge in [0.15, 0.2) is 11.6 Å². The molecule has 2 aromatic carbocycles. The molecule has 0 saturated heterocycles. The fraction of sp³-hybridized carbons (Fsp3) is 0.250. The monoisotopic (exact) mass is 348 g/mol. The highest BCUT2D eigenvalue weighted by Gasteiger charge is 2.33. The van der Waals surface area contributed by atoms with E-state index in [1.165, 1.54) is 12.1 Å². The van der Waals surface area contributed by atoms with Crippen LogP contribution in [0.5, 0.6) is 0 Å². The topological polar surface area (TPSA) is 0 Å².